The smallest absolute Gasteiger partial charge is 0.0738 e. The molecule has 0 aliphatic rings. The summed E-state index contributed by atoms with van der Waals surface area (Å²) in [5, 5.41) is 6.00. The van der Waals surface area contributed by atoms with E-state index in [0.29, 0.717) is 5.02 Å². The van der Waals surface area contributed by atoms with E-state index in [1.54, 1.807) is 12.4 Å². The number of nitrogens with zero attached hydrogens (tertiary/aromatic N) is 2. The molecule has 3 nitrogen and oxygen atoms in total. The van der Waals surface area contributed by atoms with Crippen LogP contribution in [0.1, 0.15) is 5.56 Å². The average molecular weight is 358 g/mol. The lowest BCUT2D eigenvalue weighted by Gasteiger charge is -2.05. The lowest BCUT2D eigenvalue weighted by atomic mass is 10.0. The number of hydrogen-bond donors (Lipinski definition) is 1. The number of anilines is 1. The predicted octanol–water partition coefficient (Wildman–Crippen LogP) is 6.00. The van der Waals surface area contributed by atoms with Crippen LogP contribution in [0.4, 0.5) is 5.69 Å². The normalized spacial score (nSPS) is 11.1. The van der Waals surface area contributed by atoms with Crippen LogP contribution in [0.3, 0.4) is 0 Å². The summed E-state index contributed by atoms with van der Waals surface area (Å²) in [5.41, 5.74) is 8.24. The minimum atomic E-state index is 0.671. The Morgan fingerprint density at radius 2 is 1.62 bits per heavy atom. The lowest BCUT2D eigenvalue weighted by molar-refractivity contribution is 1.33. The van der Waals surface area contributed by atoms with Gasteiger partial charge in [0.15, 0.2) is 0 Å². The molecule has 0 unspecified atom stereocenters. The maximum Gasteiger partial charge on any atom is 0.0738 e. The Hall–Kier alpha value is -3.17. The largest absolute Gasteiger partial charge is 0.278 e. The van der Waals surface area contributed by atoms with Crippen molar-refractivity contribution >= 4 is 34.4 Å². The van der Waals surface area contributed by atoms with E-state index >= 15 is 0 Å². The molecule has 1 heterocycles. The molecule has 3 aromatic carbocycles. The van der Waals surface area contributed by atoms with Gasteiger partial charge in [-0.25, -0.2) is 0 Å². The molecule has 0 bridgehead atoms. The second kappa shape index (κ2) is 7.38. The Balaban J connectivity index is 1.51. The first kappa shape index (κ1) is 16.3. The van der Waals surface area contributed by atoms with Crippen molar-refractivity contribution in [3.8, 4) is 11.1 Å². The molecule has 0 aliphatic carbocycles. The summed E-state index contributed by atoms with van der Waals surface area (Å²) in [5.74, 6) is 0. The molecule has 1 aromatic heterocycles. The van der Waals surface area contributed by atoms with Gasteiger partial charge in [-0.2, -0.15) is 5.10 Å². The molecule has 0 atom stereocenters. The molecule has 0 saturated carbocycles. The molecule has 126 valence electrons. The Kier molecular flexibility index (Phi) is 4.63. The van der Waals surface area contributed by atoms with Gasteiger partial charge in [0.05, 0.1) is 17.4 Å². The zero-order valence-corrected chi connectivity index (χ0v) is 14.7. The van der Waals surface area contributed by atoms with Crippen molar-refractivity contribution in [1.82, 2.24) is 4.98 Å². The molecule has 1 N–H and O–H groups in total. The van der Waals surface area contributed by atoms with Crippen molar-refractivity contribution in [3.05, 3.63) is 95.6 Å². The van der Waals surface area contributed by atoms with E-state index in [2.05, 4.69) is 51.9 Å². The summed E-state index contributed by atoms with van der Waals surface area (Å²) in [4.78, 5) is 4.33. The summed E-state index contributed by atoms with van der Waals surface area (Å²) in [6.07, 6.45) is 3.54. The molecule has 0 aliphatic heterocycles. The van der Waals surface area contributed by atoms with Crippen LogP contribution in [-0.4, -0.2) is 11.2 Å². The third-order valence-corrected chi connectivity index (χ3v) is 4.36. The van der Waals surface area contributed by atoms with Crippen molar-refractivity contribution in [1.29, 1.82) is 0 Å². The summed E-state index contributed by atoms with van der Waals surface area (Å²) in [6, 6.07) is 26.1. The van der Waals surface area contributed by atoms with Gasteiger partial charge >= 0.3 is 0 Å². The number of pyridine rings is 1. The zero-order valence-electron chi connectivity index (χ0n) is 13.9. The van der Waals surface area contributed by atoms with Crippen LogP contribution < -0.4 is 5.43 Å². The quantitative estimate of drug-likeness (QED) is 0.359. The van der Waals surface area contributed by atoms with Gasteiger partial charge in [-0.05, 0) is 41.0 Å². The van der Waals surface area contributed by atoms with Gasteiger partial charge in [-0.1, -0.05) is 66.2 Å². The highest BCUT2D eigenvalue weighted by atomic mass is 35.5. The summed E-state index contributed by atoms with van der Waals surface area (Å²) < 4.78 is 0. The van der Waals surface area contributed by atoms with E-state index in [4.69, 9.17) is 11.6 Å². The van der Waals surface area contributed by atoms with Crippen LogP contribution in [-0.2, 0) is 0 Å². The van der Waals surface area contributed by atoms with Gasteiger partial charge in [0, 0.05) is 16.6 Å². The fourth-order valence-electron chi connectivity index (χ4n) is 2.79. The molecule has 0 radical (unpaired) electrons. The molecule has 4 heteroatoms. The highest BCUT2D eigenvalue weighted by Gasteiger charge is 2.01. The SMILES string of the molecule is Clc1ccc2c(N/N=C\c3ccc(-c4ccccc4)cc3)ccnc2c1. The topological polar surface area (TPSA) is 37.3 Å². The molecule has 0 saturated heterocycles. The number of nitrogens with one attached hydrogen (secondary N) is 1. The van der Waals surface area contributed by atoms with E-state index < -0.39 is 0 Å². The van der Waals surface area contributed by atoms with E-state index in [9.17, 15) is 0 Å². The van der Waals surface area contributed by atoms with E-state index in [1.165, 1.54) is 11.1 Å². The first-order valence-corrected chi connectivity index (χ1v) is 8.66. The first-order chi connectivity index (χ1) is 12.8. The maximum absolute atomic E-state index is 6.02. The van der Waals surface area contributed by atoms with Gasteiger partial charge in [0.25, 0.3) is 0 Å². The van der Waals surface area contributed by atoms with Gasteiger partial charge in [0.1, 0.15) is 0 Å². The van der Waals surface area contributed by atoms with E-state index in [1.807, 2.05) is 42.5 Å². The molecule has 0 amide bonds. The highest BCUT2D eigenvalue weighted by Crippen LogP contribution is 2.24. The highest BCUT2D eigenvalue weighted by molar-refractivity contribution is 6.31. The van der Waals surface area contributed by atoms with Crippen LogP contribution >= 0.6 is 11.6 Å². The van der Waals surface area contributed by atoms with Crippen molar-refractivity contribution in [2.24, 2.45) is 5.10 Å². The molecule has 0 fully saturated rings. The molecular weight excluding hydrogens is 342 g/mol. The number of halogens is 1. The fraction of sp³-hybridized carbons (Fsp3) is 0. The fourth-order valence-corrected chi connectivity index (χ4v) is 2.95. The summed E-state index contributed by atoms with van der Waals surface area (Å²) >= 11 is 6.02. The third kappa shape index (κ3) is 3.58. The number of rotatable bonds is 4. The van der Waals surface area contributed by atoms with Crippen LogP contribution in [0, 0.1) is 0 Å². The molecule has 0 spiro atoms. The van der Waals surface area contributed by atoms with Gasteiger partial charge < -0.3 is 0 Å². The summed E-state index contributed by atoms with van der Waals surface area (Å²) in [7, 11) is 0. The van der Waals surface area contributed by atoms with Crippen LogP contribution in [0.15, 0.2) is 90.2 Å². The minimum absolute atomic E-state index is 0.671. The lowest BCUT2D eigenvalue weighted by Crippen LogP contribution is -1.93. The Labute approximate surface area is 157 Å². The second-order valence-electron chi connectivity index (χ2n) is 5.88. The average Bonchev–Trinajstić information content (AvgIpc) is 2.69. The predicted molar refractivity (Wildman–Crippen MR) is 110 cm³/mol. The maximum atomic E-state index is 6.02. The van der Waals surface area contributed by atoms with Gasteiger partial charge in [-0.15, -0.1) is 0 Å². The van der Waals surface area contributed by atoms with Crippen LogP contribution in [0.25, 0.3) is 22.0 Å². The molecule has 4 aromatic rings. The van der Waals surface area contributed by atoms with Crippen molar-refractivity contribution < 1.29 is 0 Å². The Morgan fingerprint density at radius 3 is 2.42 bits per heavy atom. The van der Waals surface area contributed by atoms with Crippen LogP contribution in [0.2, 0.25) is 5.02 Å². The second-order valence-corrected chi connectivity index (χ2v) is 6.31. The van der Waals surface area contributed by atoms with Crippen molar-refractivity contribution in [3.63, 3.8) is 0 Å². The Morgan fingerprint density at radius 1 is 0.846 bits per heavy atom. The molecule has 26 heavy (non-hydrogen) atoms. The first-order valence-electron chi connectivity index (χ1n) is 8.28. The Bertz CT molecular complexity index is 1060. The number of hydrogen-bond acceptors (Lipinski definition) is 3. The number of hydrazone groups is 1. The monoisotopic (exact) mass is 357 g/mol. The standard InChI is InChI=1S/C22H16ClN3/c23-19-10-11-20-21(12-13-24-22(20)14-19)26-25-15-16-6-8-18(9-7-16)17-4-2-1-3-5-17/h1-15H,(H,24,26)/b25-15-. The van der Waals surface area contributed by atoms with Gasteiger partial charge in [-0.3, -0.25) is 10.4 Å². The van der Waals surface area contributed by atoms with Crippen molar-refractivity contribution in [2.75, 3.05) is 5.43 Å². The summed E-state index contributed by atoms with van der Waals surface area (Å²) in [6.45, 7) is 0. The van der Waals surface area contributed by atoms with Crippen molar-refractivity contribution in [2.45, 2.75) is 0 Å². The zero-order chi connectivity index (χ0) is 17.8. The minimum Gasteiger partial charge on any atom is -0.278 e. The third-order valence-electron chi connectivity index (χ3n) is 4.12. The number of benzene rings is 3. The van der Waals surface area contributed by atoms with Crippen LogP contribution in [0.5, 0.6) is 0 Å². The van der Waals surface area contributed by atoms with E-state index in [-0.39, 0.29) is 0 Å². The molecular formula is C22H16ClN3. The van der Waals surface area contributed by atoms with Gasteiger partial charge in [0.2, 0.25) is 0 Å². The number of aromatic nitrogens is 1. The van der Waals surface area contributed by atoms with E-state index in [0.717, 1.165) is 22.2 Å². The number of fused-ring (bicyclic) bond motifs is 1. The molecule has 4 rings (SSSR count).